The quantitative estimate of drug-likeness (QED) is 0.836. The third-order valence-corrected chi connectivity index (χ3v) is 2.68. The van der Waals surface area contributed by atoms with Gasteiger partial charge in [-0.25, -0.2) is 4.79 Å². The fourth-order valence-electron chi connectivity index (χ4n) is 1.57. The van der Waals surface area contributed by atoms with E-state index in [1.165, 1.54) is 20.3 Å². The molecule has 2 aromatic rings. The summed E-state index contributed by atoms with van der Waals surface area (Å²) in [5.74, 6) is 0.588. The number of methoxy groups -OCH3 is 2. The number of nitrogens with one attached hydrogen (secondary N) is 2. The predicted octanol–water partition coefficient (Wildman–Crippen LogP) is 0.887. The molecule has 0 fully saturated rings. The molecule has 17 heavy (non-hydrogen) atoms. The molecule has 0 atom stereocenters. The van der Waals surface area contributed by atoms with E-state index in [-0.39, 0.29) is 21.7 Å². The third-order valence-electron chi connectivity index (χ3n) is 2.32. The Balaban J connectivity index is 3.00. The standard InChI is InChI=1S/C10H9ClN2O4/c1-16-5-3-4-7(6(11)8(5)17-2)12-10(15)13-9(4)14/h3H,1-2H3,(H2,12,13,14,15). The van der Waals surface area contributed by atoms with Crippen LogP contribution in [0, 0.1) is 0 Å². The topological polar surface area (TPSA) is 84.2 Å². The Morgan fingerprint density at radius 3 is 2.47 bits per heavy atom. The summed E-state index contributed by atoms with van der Waals surface area (Å²) >= 11 is 6.04. The first-order valence-corrected chi connectivity index (χ1v) is 5.03. The molecule has 0 radical (unpaired) electrons. The van der Waals surface area contributed by atoms with Gasteiger partial charge in [-0.3, -0.25) is 9.78 Å². The summed E-state index contributed by atoms with van der Waals surface area (Å²) in [6.07, 6.45) is 0. The van der Waals surface area contributed by atoms with Crippen LogP contribution in [0.15, 0.2) is 15.7 Å². The Hall–Kier alpha value is -1.95. The van der Waals surface area contributed by atoms with Crippen LogP contribution < -0.4 is 20.7 Å². The number of ether oxygens (including phenoxy) is 2. The van der Waals surface area contributed by atoms with Crippen LogP contribution in [0.4, 0.5) is 0 Å². The maximum Gasteiger partial charge on any atom is 0.326 e. The van der Waals surface area contributed by atoms with Crippen molar-refractivity contribution in [2.24, 2.45) is 0 Å². The molecule has 0 bridgehead atoms. The van der Waals surface area contributed by atoms with Crippen LogP contribution in [0.3, 0.4) is 0 Å². The van der Waals surface area contributed by atoms with Crippen LogP contribution in [0.5, 0.6) is 11.5 Å². The molecular formula is C10H9ClN2O4. The average Bonchev–Trinajstić information content (AvgIpc) is 2.30. The highest BCUT2D eigenvalue weighted by Gasteiger charge is 2.15. The van der Waals surface area contributed by atoms with Gasteiger partial charge < -0.3 is 14.5 Å². The van der Waals surface area contributed by atoms with Gasteiger partial charge in [0, 0.05) is 0 Å². The Bertz CT molecular complexity index is 689. The minimum absolute atomic E-state index is 0.130. The third kappa shape index (κ3) is 1.76. The number of H-pyrrole nitrogens is 2. The van der Waals surface area contributed by atoms with Gasteiger partial charge in [0.2, 0.25) is 0 Å². The summed E-state index contributed by atoms with van der Waals surface area (Å²) in [5.41, 5.74) is -0.943. The number of hydrogen-bond donors (Lipinski definition) is 2. The van der Waals surface area contributed by atoms with Crippen LogP contribution in [0.2, 0.25) is 5.02 Å². The van der Waals surface area contributed by atoms with Crippen molar-refractivity contribution in [2.75, 3.05) is 14.2 Å². The smallest absolute Gasteiger partial charge is 0.326 e. The first kappa shape index (κ1) is 11.5. The van der Waals surface area contributed by atoms with E-state index in [4.69, 9.17) is 21.1 Å². The van der Waals surface area contributed by atoms with Gasteiger partial charge in [0.25, 0.3) is 5.56 Å². The normalized spacial score (nSPS) is 10.5. The van der Waals surface area contributed by atoms with Crippen LogP contribution in [0.25, 0.3) is 10.9 Å². The van der Waals surface area contributed by atoms with Gasteiger partial charge in [-0.15, -0.1) is 0 Å². The van der Waals surface area contributed by atoms with Crippen molar-refractivity contribution < 1.29 is 9.47 Å². The van der Waals surface area contributed by atoms with Gasteiger partial charge in [0.05, 0.1) is 25.1 Å². The van der Waals surface area contributed by atoms with Crippen molar-refractivity contribution in [1.29, 1.82) is 0 Å². The Morgan fingerprint density at radius 2 is 1.88 bits per heavy atom. The van der Waals surface area contributed by atoms with E-state index < -0.39 is 11.2 Å². The zero-order valence-corrected chi connectivity index (χ0v) is 9.84. The largest absolute Gasteiger partial charge is 0.493 e. The lowest BCUT2D eigenvalue weighted by molar-refractivity contribution is 0.356. The Kier molecular flexibility index (Phi) is 2.81. The van der Waals surface area contributed by atoms with Crippen molar-refractivity contribution in [3.05, 3.63) is 31.9 Å². The lowest BCUT2D eigenvalue weighted by Crippen LogP contribution is -2.22. The molecule has 0 aliphatic carbocycles. The predicted molar refractivity (Wildman–Crippen MR) is 63.3 cm³/mol. The van der Waals surface area contributed by atoms with Gasteiger partial charge in [0.1, 0.15) is 5.02 Å². The number of aromatic nitrogens is 2. The molecule has 1 aromatic carbocycles. The van der Waals surface area contributed by atoms with Gasteiger partial charge in [0.15, 0.2) is 11.5 Å². The average molecular weight is 257 g/mol. The first-order valence-electron chi connectivity index (χ1n) is 4.65. The molecule has 0 aliphatic heterocycles. The zero-order valence-electron chi connectivity index (χ0n) is 9.09. The fraction of sp³-hybridized carbons (Fsp3) is 0.200. The van der Waals surface area contributed by atoms with E-state index in [1.807, 2.05) is 0 Å². The summed E-state index contributed by atoms with van der Waals surface area (Å²) in [6.45, 7) is 0. The van der Waals surface area contributed by atoms with E-state index in [1.54, 1.807) is 0 Å². The molecular weight excluding hydrogens is 248 g/mol. The second-order valence-electron chi connectivity index (χ2n) is 3.26. The summed E-state index contributed by atoms with van der Waals surface area (Å²) in [4.78, 5) is 27.3. The SMILES string of the molecule is COc1cc2c(=O)[nH]c(=O)[nH]c2c(Cl)c1OC. The van der Waals surface area contributed by atoms with Gasteiger partial charge in [-0.05, 0) is 6.07 Å². The van der Waals surface area contributed by atoms with Crippen molar-refractivity contribution >= 4 is 22.5 Å². The number of benzene rings is 1. The van der Waals surface area contributed by atoms with Crippen LogP contribution >= 0.6 is 11.6 Å². The van der Waals surface area contributed by atoms with Crippen molar-refractivity contribution in [3.8, 4) is 11.5 Å². The molecule has 0 unspecified atom stereocenters. The number of hydrogen-bond acceptors (Lipinski definition) is 4. The van der Waals surface area contributed by atoms with E-state index in [0.29, 0.717) is 5.75 Å². The molecule has 0 spiro atoms. The van der Waals surface area contributed by atoms with Crippen molar-refractivity contribution in [3.63, 3.8) is 0 Å². The molecule has 0 aliphatic rings. The van der Waals surface area contributed by atoms with Crippen molar-refractivity contribution in [2.45, 2.75) is 0 Å². The summed E-state index contributed by atoms with van der Waals surface area (Å²) in [6, 6.07) is 1.45. The maximum absolute atomic E-state index is 11.6. The molecule has 0 saturated carbocycles. The highest BCUT2D eigenvalue weighted by molar-refractivity contribution is 6.36. The molecule has 7 heteroatoms. The number of aromatic amines is 2. The number of fused-ring (bicyclic) bond motifs is 1. The van der Waals surface area contributed by atoms with Crippen LogP contribution in [0.1, 0.15) is 0 Å². The van der Waals surface area contributed by atoms with E-state index in [0.717, 1.165) is 0 Å². The highest BCUT2D eigenvalue weighted by Crippen LogP contribution is 2.38. The molecule has 1 aromatic heterocycles. The number of rotatable bonds is 2. The van der Waals surface area contributed by atoms with Crippen LogP contribution in [-0.2, 0) is 0 Å². The molecule has 2 N–H and O–H groups in total. The summed E-state index contributed by atoms with van der Waals surface area (Å²) < 4.78 is 10.1. The zero-order chi connectivity index (χ0) is 12.6. The molecule has 0 saturated heterocycles. The van der Waals surface area contributed by atoms with E-state index in [9.17, 15) is 9.59 Å². The minimum Gasteiger partial charge on any atom is -0.493 e. The Morgan fingerprint density at radius 1 is 1.18 bits per heavy atom. The monoisotopic (exact) mass is 256 g/mol. The van der Waals surface area contributed by atoms with Gasteiger partial charge in [-0.2, -0.15) is 0 Å². The number of halogens is 1. The maximum atomic E-state index is 11.6. The molecule has 90 valence electrons. The van der Waals surface area contributed by atoms with E-state index in [2.05, 4.69) is 9.97 Å². The van der Waals surface area contributed by atoms with Crippen molar-refractivity contribution in [1.82, 2.24) is 9.97 Å². The lowest BCUT2D eigenvalue weighted by Gasteiger charge is -2.10. The molecule has 0 amide bonds. The molecule has 2 rings (SSSR count). The second kappa shape index (κ2) is 4.14. The second-order valence-corrected chi connectivity index (χ2v) is 3.63. The van der Waals surface area contributed by atoms with Gasteiger partial charge in [-0.1, -0.05) is 11.6 Å². The fourth-order valence-corrected chi connectivity index (χ4v) is 1.89. The van der Waals surface area contributed by atoms with Crippen LogP contribution in [-0.4, -0.2) is 24.2 Å². The Labute approximate surface area is 100 Å². The summed E-state index contributed by atoms with van der Waals surface area (Å²) in [7, 11) is 2.85. The molecule has 6 nitrogen and oxygen atoms in total. The lowest BCUT2D eigenvalue weighted by atomic mass is 10.2. The highest BCUT2D eigenvalue weighted by atomic mass is 35.5. The summed E-state index contributed by atoms with van der Waals surface area (Å²) in [5, 5.41) is 0.359. The van der Waals surface area contributed by atoms with Gasteiger partial charge >= 0.3 is 5.69 Å². The van der Waals surface area contributed by atoms with E-state index >= 15 is 0 Å². The molecule has 1 heterocycles. The first-order chi connectivity index (χ1) is 8.08. The minimum atomic E-state index is -0.628.